The Bertz CT molecular complexity index is 152. The van der Waals surface area contributed by atoms with E-state index in [1.54, 1.807) is 0 Å². The van der Waals surface area contributed by atoms with Crippen molar-refractivity contribution in [2.75, 3.05) is 7.05 Å². The Kier molecular flexibility index (Phi) is 3.30. The molecule has 5 nitrogen and oxygen atoms in total. The Morgan fingerprint density at radius 2 is 2.20 bits per heavy atom. The summed E-state index contributed by atoms with van der Waals surface area (Å²) < 4.78 is 0. The van der Waals surface area contributed by atoms with Gasteiger partial charge in [0.1, 0.15) is 0 Å². The summed E-state index contributed by atoms with van der Waals surface area (Å²) >= 11 is 0. The minimum atomic E-state index is -0.258. The van der Waals surface area contributed by atoms with E-state index in [1.165, 1.54) is 13.2 Å². The van der Waals surface area contributed by atoms with Gasteiger partial charge < -0.3 is 27.1 Å². The zero-order valence-corrected chi connectivity index (χ0v) is 5.85. The molecule has 1 atom stereocenters. The molecule has 0 aromatic heterocycles. The summed E-state index contributed by atoms with van der Waals surface area (Å²) in [5.41, 5.74) is 10.5. The Balaban J connectivity index is 4.18. The van der Waals surface area contributed by atoms with Crippen molar-refractivity contribution in [3.63, 3.8) is 0 Å². The summed E-state index contributed by atoms with van der Waals surface area (Å²) in [5.74, 6) is 0.169. The van der Waals surface area contributed by atoms with Crippen LogP contribution in [-0.2, 0) is 0 Å². The normalized spacial score (nSPS) is 15.4. The first-order valence-electron chi connectivity index (χ1n) is 2.73. The molecule has 0 saturated carbocycles. The maximum atomic E-state index is 10.5. The number of hydrogen-bond acceptors (Lipinski definition) is 4. The zero-order valence-electron chi connectivity index (χ0n) is 5.85. The molecule has 0 radical (unpaired) electrons. The Morgan fingerprint density at radius 1 is 1.70 bits per heavy atom. The van der Waals surface area contributed by atoms with E-state index in [2.05, 4.69) is 11.9 Å². The van der Waals surface area contributed by atoms with Gasteiger partial charge in [0, 0.05) is 0 Å². The second-order valence-corrected chi connectivity index (χ2v) is 1.73. The molecule has 0 aliphatic heterocycles. The molecule has 0 aliphatic carbocycles. The maximum Gasteiger partial charge on any atom is 0.238 e. The molecule has 10 heavy (non-hydrogen) atoms. The van der Waals surface area contributed by atoms with Crippen LogP contribution >= 0.6 is 0 Å². The summed E-state index contributed by atoms with van der Waals surface area (Å²) in [6, 6.07) is 0. The number of hydrogen-bond donors (Lipinski definition) is 4. The summed E-state index contributed by atoms with van der Waals surface area (Å²) in [7, 11) is 1.34. The fourth-order valence-electron chi connectivity index (χ4n) is 0.377. The third kappa shape index (κ3) is 2.38. The average Bonchev–Trinajstić information content (AvgIpc) is 1.87. The SMILES string of the molecule is C=CN/C(N)=C(\N)[NH+](C)[O-]. The van der Waals surface area contributed by atoms with Crippen LogP contribution in [0, 0.1) is 5.21 Å². The molecule has 0 spiro atoms. The molecule has 0 bridgehead atoms. The van der Waals surface area contributed by atoms with E-state index in [4.69, 9.17) is 11.5 Å². The van der Waals surface area contributed by atoms with Crippen molar-refractivity contribution >= 4 is 0 Å². The molecular weight excluding hydrogens is 132 g/mol. The lowest BCUT2D eigenvalue weighted by molar-refractivity contribution is -0.784. The quantitative estimate of drug-likeness (QED) is 0.337. The van der Waals surface area contributed by atoms with Gasteiger partial charge in [-0.2, -0.15) is 0 Å². The predicted octanol–water partition coefficient (Wildman–Crippen LogP) is -2.22. The first-order chi connectivity index (χ1) is 4.59. The highest BCUT2D eigenvalue weighted by molar-refractivity contribution is 4.99. The van der Waals surface area contributed by atoms with Gasteiger partial charge in [-0.05, 0) is 6.20 Å². The van der Waals surface area contributed by atoms with Crippen LogP contribution in [0.3, 0.4) is 0 Å². The highest BCUT2D eigenvalue weighted by Gasteiger charge is 1.99. The molecule has 0 fully saturated rings. The number of nitrogens with two attached hydrogens (primary N) is 2. The molecule has 0 rings (SSSR count). The molecule has 0 amide bonds. The fraction of sp³-hybridized carbons (Fsp3) is 0.200. The minimum Gasteiger partial charge on any atom is -0.628 e. The van der Waals surface area contributed by atoms with E-state index in [9.17, 15) is 5.21 Å². The van der Waals surface area contributed by atoms with Crippen molar-refractivity contribution in [2.24, 2.45) is 11.5 Å². The number of hydroxylamine groups is 2. The van der Waals surface area contributed by atoms with Crippen molar-refractivity contribution < 1.29 is 5.06 Å². The maximum absolute atomic E-state index is 10.5. The highest BCUT2D eigenvalue weighted by Crippen LogP contribution is 1.74. The first-order valence-corrected chi connectivity index (χ1v) is 2.73. The van der Waals surface area contributed by atoms with Crippen molar-refractivity contribution in [2.45, 2.75) is 0 Å². The molecule has 1 unspecified atom stereocenters. The number of rotatable bonds is 3. The lowest BCUT2D eigenvalue weighted by atomic mass is 10.6. The number of quaternary nitrogens is 1. The minimum absolute atomic E-state index is 0.0277. The molecule has 0 aromatic carbocycles. The van der Waals surface area contributed by atoms with Crippen LogP contribution in [0.4, 0.5) is 0 Å². The fourth-order valence-corrected chi connectivity index (χ4v) is 0.377. The van der Waals surface area contributed by atoms with Crippen LogP contribution < -0.4 is 21.8 Å². The third-order valence-corrected chi connectivity index (χ3v) is 0.927. The van der Waals surface area contributed by atoms with E-state index in [0.29, 0.717) is 0 Å². The lowest BCUT2D eigenvalue weighted by Crippen LogP contribution is -3.03. The Morgan fingerprint density at radius 3 is 2.50 bits per heavy atom. The zero-order chi connectivity index (χ0) is 8.15. The van der Waals surface area contributed by atoms with Gasteiger partial charge in [-0.25, -0.2) is 0 Å². The number of nitrogens with one attached hydrogen (secondary N) is 2. The molecule has 6 N–H and O–H groups in total. The van der Waals surface area contributed by atoms with Crippen LogP contribution in [0.25, 0.3) is 0 Å². The topological polar surface area (TPSA) is 91.6 Å². The summed E-state index contributed by atoms with van der Waals surface area (Å²) in [6.07, 6.45) is 1.35. The average molecular weight is 144 g/mol. The van der Waals surface area contributed by atoms with Gasteiger partial charge in [0.2, 0.25) is 5.82 Å². The third-order valence-electron chi connectivity index (χ3n) is 0.927. The largest absolute Gasteiger partial charge is 0.628 e. The van der Waals surface area contributed by atoms with Gasteiger partial charge in [0.15, 0.2) is 5.82 Å². The van der Waals surface area contributed by atoms with E-state index >= 15 is 0 Å². The lowest BCUT2D eigenvalue weighted by Gasteiger charge is -2.16. The first kappa shape index (κ1) is 8.80. The molecule has 5 heteroatoms. The van der Waals surface area contributed by atoms with Gasteiger partial charge in [0.25, 0.3) is 0 Å². The Hall–Kier alpha value is -1.20. The Labute approximate surface area is 59.6 Å². The second-order valence-electron chi connectivity index (χ2n) is 1.73. The van der Waals surface area contributed by atoms with Crippen LogP contribution in [0.1, 0.15) is 0 Å². The summed E-state index contributed by atoms with van der Waals surface area (Å²) in [5, 5.41) is 12.8. The van der Waals surface area contributed by atoms with E-state index < -0.39 is 0 Å². The molecule has 0 saturated heterocycles. The second kappa shape index (κ2) is 3.76. The van der Waals surface area contributed by atoms with E-state index in [0.717, 1.165) is 0 Å². The van der Waals surface area contributed by atoms with Gasteiger partial charge in [-0.1, -0.05) is 6.58 Å². The smallest absolute Gasteiger partial charge is 0.238 e. The van der Waals surface area contributed by atoms with Crippen molar-refractivity contribution in [3.05, 3.63) is 29.6 Å². The van der Waals surface area contributed by atoms with Crippen molar-refractivity contribution in [3.8, 4) is 0 Å². The standard InChI is InChI=1S/C5H12N4O/c1-3-8-4(6)5(7)9(2)10/h3,8-9H,1,6-7H2,2H3/b5-4+. The molecular formula is C5H12N4O. The van der Waals surface area contributed by atoms with E-state index in [-0.39, 0.29) is 16.7 Å². The van der Waals surface area contributed by atoms with Gasteiger partial charge >= 0.3 is 0 Å². The predicted molar refractivity (Wildman–Crippen MR) is 39.0 cm³/mol. The highest BCUT2D eigenvalue weighted by atomic mass is 16.5. The summed E-state index contributed by atoms with van der Waals surface area (Å²) in [6.45, 7) is 3.35. The molecule has 0 aromatic rings. The van der Waals surface area contributed by atoms with E-state index in [1.807, 2.05) is 0 Å². The van der Waals surface area contributed by atoms with Gasteiger partial charge in [0.05, 0.1) is 7.05 Å². The van der Waals surface area contributed by atoms with Gasteiger partial charge in [-0.3, -0.25) is 0 Å². The summed E-state index contributed by atoms with van der Waals surface area (Å²) in [4.78, 5) is 0. The van der Waals surface area contributed by atoms with Crippen LogP contribution in [0.15, 0.2) is 24.4 Å². The molecule has 0 aliphatic rings. The van der Waals surface area contributed by atoms with Gasteiger partial charge in [-0.15, -0.1) is 0 Å². The molecule has 0 heterocycles. The molecule has 58 valence electrons. The monoisotopic (exact) mass is 144 g/mol. The van der Waals surface area contributed by atoms with Crippen molar-refractivity contribution in [1.82, 2.24) is 5.32 Å². The van der Waals surface area contributed by atoms with Crippen molar-refractivity contribution in [1.29, 1.82) is 0 Å². The van der Waals surface area contributed by atoms with Crippen LogP contribution in [-0.4, -0.2) is 7.05 Å². The van der Waals surface area contributed by atoms with Crippen LogP contribution in [0.2, 0.25) is 0 Å². The van der Waals surface area contributed by atoms with Crippen LogP contribution in [0.5, 0.6) is 0 Å².